The predicted octanol–water partition coefficient (Wildman–Crippen LogP) is 1.72. The number of rotatable bonds is 7. The third-order valence-corrected chi connectivity index (χ3v) is 6.15. The Morgan fingerprint density at radius 2 is 1.77 bits per heavy atom. The monoisotopic (exact) mass is 409 g/mol. The zero-order chi connectivity index (χ0) is 21.1. The molecule has 1 saturated carbocycles. The van der Waals surface area contributed by atoms with Gasteiger partial charge in [0.2, 0.25) is 11.8 Å². The quantitative estimate of drug-likeness (QED) is 0.756. The number of aromatic nitrogens is 2. The van der Waals surface area contributed by atoms with Crippen molar-refractivity contribution in [3.8, 4) is 0 Å². The molecular weight excluding hydrogens is 378 g/mol. The van der Waals surface area contributed by atoms with Crippen LogP contribution in [-0.2, 0) is 22.7 Å². The Kier molecular flexibility index (Phi) is 6.18. The van der Waals surface area contributed by atoms with Gasteiger partial charge < -0.3 is 10.2 Å². The third-order valence-electron chi connectivity index (χ3n) is 6.15. The van der Waals surface area contributed by atoms with E-state index in [2.05, 4.69) is 34.4 Å². The summed E-state index contributed by atoms with van der Waals surface area (Å²) in [6.07, 6.45) is 2.09. The molecule has 4 rings (SSSR count). The van der Waals surface area contributed by atoms with Gasteiger partial charge in [-0.1, -0.05) is 30.3 Å². The van der Waals surface area contributed by atoms with Gasteiger partial charge in [-0.25, -0.2) is 0 Å². The molecule has 1 aliphatic carbocycles. The van der Waals surface area contributed by atoms with E-state index in [4.69, 9.17) is 0 Å². The van der Waals surface area contributed by atoms with Crippen molar-refractivity contribution < 1.29 is 9.59 Å². The van der Waals surface area contributed by atoms with Crippen molar-refractivity contribution in [3.05, 3.63) is 52.8 Å². The lowest BCUT2D eigenvalue weighted by Crippen LogP contribution is -2.51. The maximum absolute atomic E-state index is 12.5. The Bertz CT molecular complexity index is 896. The van der Waals surface area contributed by atoms with Gasteiger partial charge in [0.15, 0.2) is 0 Å². The maximum atomic E-state index is 12.5. The van der Waals surface area contributed by atoms with Crippen molar-refractivity contribution in [2.24, 2.45) is 5.92 Å². The lowest BCUT2D eigenvalue weighted by Gasteiger charge is -2.34. The molecular formula is C23H31N5O2. The fourth-order valence-corrected chi connectivity index (χ4v) is 4.06. The van der Waals surface area contributed by atoms with Crippen molar-refractivity contribution in [2.45, 2.75) is 39.8 Å². The molecule has 1 aromatic carbocycles. The van der Waals surface area contributed by atoms with Crippen molar-refractivity contribution in [3.63, 3.8) is 0 Å². The molecule has 7 heteroatoms. The molecule has 1 N–H and O–H groups in total. The molecule has 2 fully saturated rings. The van der Waals surface area contributed by atoms with Crippen LogP contribution in [0.3, 0.4) is 0 Å². The van der Waals surface area contributed by atoms with Crippen molar-refractivity contribution in [2.75, 3.05) is 32.7 Å². The van der Waals surface area contributed by atoms with Gasteiger partial charge in [0.1, 0.15) is 0 Å². The van der Waals surface area contributed by atoms with E-state index < -0.39 is 0 Å². The highest BCUT2D eigenvalue weighted by atomic mass is 16.2. The minimum Gasteiger partial charge on any atom is -0.351 e. The van der Waals surface area contributed by atoms with Gasteiger partial charge in [-0.2, -0.15) is 5.10 Å². The fourth-order valence-electron chi connectivity index (χ4n) is 4.06. The van der Waals surface area contributed by atoms with Gasteiger partial charge >= 0.3 is 0 Å². The molecule has 0 bridgehead atoms. The minimum atomic E-state index is 0.0200. The maximum Gasteiger partial charge on any atom is 0.234 e. The van der Waals surface area contributed by atoms with Gasteiger partial charge in [-0.05, 0) is 32.3 Å². The molecule has 1 saturated heterocycles. The molecule has 0 atom stereocenters. The Hall–Kier alpha value is -2.67. The first-order valence-electron chi connectivity index (χ1n) is 10.9. The Labute approximate surface area is 178 Å². The van der Waals surface area contributed by atoms with E-state index in [-0.39, 0.29) is 11.8 Å². The van der Waals surface area contributed by atoms with Crippen LogP contribution in [0.15, 0.2) is 30.3 Å². The predicted molar refractivity (Wildman–Crippen MR) is 115 cm³/mol. The Morgan fingerprint density at radius 3 is 2.43 bits per heavy atom. The van der Waals surface area contributed by atoms with Gasteiger partial charge in [-0.15, -0.1) is 0 Å². The second-order valence-corrected chi connectivity index (χ2v) is 8.45. The van der Waals surface area contributed by atoms with E-state index in [1.165, 1.54) is 5.56 Å². The normalized spacial score (nSPS) is 17.2. The molecule has 0 spiro atoms. The first-order valence-corrected chi connectivity index (χ1v) is 10.9. The highest BCUT2D eigenvalue weighted by Gasteiger charge is 2.34. The van der Waals surface area contributed by atoms with E-state index in [1.54, 1.807) is 0 Å². The molecule has 0 unspecified atom stereocenters. The molecule has 0 radical (unpaired) electrons. The molecule has 2 amide bonds. The van der Waals surface area contributed by atoms with Crippen LogP contribution in [-0.4, -0.2) is 64.1 Å². The number of carbonyl (C=O) groups excluding carboxylic acids is 2. The van der Waals surface area contributed by atoms with Crippen LogP contribution in [0, 0.1) is 19.8 Å². The first-order chi connectivity index (χ1) is 14.5. The van der Waals surface area contributed by atoms with Crippen LogP contribution in [0.2, 0.25) is 0 Å². The summed E-state index contributed by atoms with van der Waals surface area (Å²) in [5, 5.41) is 7.71. The summed E-state index contributed by atoms with van der Waals surface area (Å²) >= 11 is 0. The zero-order valence-electron chi connectivity index (χ0n) is 17.9. The largest absolute Gasteiger partial charge is 0.351 e. The zero-order valence-corrected chi connectivity index (χ0v) is 17.9. The van der Waals surface area contributed by atoms with Gasteiger partial charge in [-0.3, -0.25) is 19.2 Å². The molecule has 2 aromatic rings. The smallest absolute Gasteiger partial charge is 0.234 e. The summed E-state index contributed by atoms with van der Waals surface area (Å²) < 4.78 is 2.00. The number of amides is 2. The Morgan fingerprint density at radius 1 is 1.07 bits per heavy atom. The van der Waals surface area contributed by atoms with E-state index in [9.17, 15) is 9.59 Å². The number of carbonyl (C=O) groups is 2. The number of nitrogens with zero attached hydrogens (tertiary/aromatic N) is 4. The number of hydrogen-bond acceptors (Lipinski definition) is 4. The number of aryl methyl sites for hydroxylation is 1. The number of benzene rings is 1. The second-order valence-electron chi connectivity index (χ2n) is 8.45. The van der Waals surface area contributed by atoms with Crippen molar-refractivity contribution in [1.29, 1.82) is 0 Å². The highest BCUT2D eigenvalue weighted by molar-refractivity contribution is 5.81. The summed E-state index contributed by atoms with van der Waals surface area (Å²) in [5.74, 6) is 0.596. The number of nitrogens with one attached hydrogen (secondary N) is 1. The molecule has 7 nitrogen and oxygen atoms in total. The SMILES string of the molecule is Cc1nn(Cc2ccccc2)c(C)c1CNC(=O)CN1CCN(C(=O)C2CC2)CC1. The van der Waals surface area contributed by atoms with Crippen LogP contribution in [0.25, 0.3) is 0 Å². The van der Waals surface area contributed by atoms with Crippen LogP contribution >= 0.6 is 0 Å². The summed E-state index contributed by atoms with van der Waals surface area (Å²) in [7, 11) is 0. The summed E-state index contributed by atoms with van der Waals surface area (Å²) in [6.45, 7) is 8.63. The van der Waals surface area contributed by atoms with Crippen LogP contribution in [0.1, 0.15) is 35.4 Å². The van der Waals surface area contributed by atoms with Crippen molar-refractivity contribution >= 4 is 11.8 Å². The van der Waals surface area contributed by atoms with E-state index in [1.807, 2.05) is 34.7 Å². The topological polar surface area (TPSA) is 70.5 Å². The first kappa shape index (κ1) is 20.6. The lowest BCUT2D eigenvalue weighted by molar-refractivity contribution is -0.134. The Balaban J connectivity index is 1.25. The molecule has 1 aromatic heterocycles. The van der Waals surface area contributed by atoms with E-state index >= 15 is 0 Å². The molecule has 2 aliphatic rings. The standard InChI is InChI=1S/C23H31N5O2/c1-17-21(18(2)28(25-17)15-19-6-4-3-5-7-19)14-24-22(29)16-26-10-12-27(13-11-26)23(30)20-8-9-20/h3-7,20H,8-16H2,1-2H3,(H,24,29). The van der Waals surface area contributed by atoms with Gasteiger partial charge in [0.05, 0.1) is 18.8 Å². The molecule has 30 heavy (non-hydrogen) atoms. The molecule has 1 aliphatic heterocycles. The van der Waals surface area contributed by atoms with E-state index in [0.717, 1.165) is 62.5 Å². The summed E-state index contributed by atoms with van der Waals surface area (Å²) in [4.78, 5) is 28.7. The van der Waals surface area contributed by atoms with Crippen LogP contribution in [0.4, 0.5) is 0 Å². The highest BCUT2D eigenvalue weighted by Crippen LogP contribution is 2.31. The summed E-state index contributed by atoms with van der Waals surface area (Å²) in [6, 6.07) is 10.3. The van der Waals surface area contributed by atoms with E-state index in [0.29, 0.717) is 19.0 Å². The van der Waals surface area contributed by atoms with Crippen molar-refractivity contribution in [1.82, 2.24) is 24.9 Å². The average molecular weight is 410 g/mol. The summed E-state index contributed by atoms with van der Waals surface area (Å²) in [5.41, 5.74) is 4.33. The lowest BCUT2D eigenvalue weighted by atomic mass is 10.2. The van der Waals surface area contributed by atoms with Gasteiger partial charge in [0, 0.05) is 49.9 Å². The third kappa shape index (κ3) is 4.90. The fraction of sp³-hybridized carbons (Fsp3) is 0.522. The molecule has 2 heterocycles. The van der Waals surface area contributed by atoms with Crippen LogP contribution in [0.5, 0.6) is 0 Å². The molecule has 160 valence electrons. The average Bonchev–Trinajstić information content (AvgIpc) is 3.56. The number of hydrogen-bond donors (Lipinski definition) is 1. The minimum absolute atomic E-state index is 0.0200. The number of piperazine rings is 1. The second kappa shape index (κ2) is 9.00. The van der Waals surface area contributed by atoms with Crippen LogP contribution < -0.4 is 5.32 Å². The van der Waals surface area contributed by atoms with Gasteiger partial charge in [0.25, 0.3) is 0 Å².